The van der Waals surface area contributed by atoms with Gasteiger partial charge in [0, 0.05) is 31.5 Å². The van der Waals surface area contributed by atoms with Crippen LogP contribution in [0.1, 0.15) is 92.9 Å². The lowest BCUT2D eigenvalue weighted by molar-refractivity contribution is -0.364. The monoisotopic (exact) mass is 766 g/mol. The second kappa shape index (κ2) is 21.8. The molecule has 0 aliphatic carbocycles. The maximum absolute atomic E-state index is 12.9. The summed E-state index contributed by atoms with van der Waals surface area (Å²) in [7, 11) is 0. The molecular weight excluding hydrogens is 721 g/mol. The van der Waals surface area contributed by atoms with Crippen LogP contribution >= 0.6 is 75.8 Å². The van der Waals surface area contributed by atoms with E-state index >= 15 is 0 Å². The summed E-state index contributed by atoms with van der Waals surface area (Å²) in [4.78, 5) is 77.6. The fourth-order valence-electron chi connectivity index (χ4n) is 3.48. The number of carbonyl (C=O) groups is 6. The normalized spacial score (nSPS) is 17.7. The Kier molecular flexibility index (Phi) is 21.3. The SMILES string of the molecule is CC(S)CC(=O)OC(CCC(OC(=O)CC(C)S)(OC(=O)CC(C)S)OC(=O)CC(C)S)(OC(=O)CC(C)S)OC(=O)CC(C)S. The van der Waals surface area contributed by atoms with Crippen molar-refractivity contribution in [3.05, 3.63) is 0 Å². The minimum Gasteiger partial charge on any atom is -0.388 e. The average Bonchev–Trinajstić information content (AvgIpc) is 2.79. The highest BCUT2D eigenvalue weighted by molar-refractivity contribution is 7.81. The fraction of sp³-hybridized carbons (Fsp3) is 0.786. The Balaban J connectivity index is 7.15. The van der Waals surface area contributed by atoms with Crippen molar-refractivity contribution in [2.45, 2.75) is 136 Å². The van der Waals surface area contributed by atoms with Crippen molar-refractivity contribution >= 4 is 112 Å². The molecule has 0 bridgehead atoms. The number of hydrogen-bond donors (Lipinski definition) is 6. The number of rotatable bonds is 21. The van der Waals surface area contributed by atoms with E-state index in [2.05, 4.69) is 75.8 Å². The molecule has 0 aliphatic heterocycles. The lowest BCUT2D eigenvalue weighted by atomic mass is 10.2. The standard InChI is InChI=1S/C28H46O12S6/c1-15(41)9-21(29)35-27(36-22(30)10-16(2)42,37-23(31)11-17(3)43)7-8-28(38-24(32)12-18(4)44,39-25(33)13-19(5)45)40-26(34)14-20(6)46/h15-20,41-46H,7-14H2,1-6H3. The maximum atomic E-state index is 12.9. The summed E-state index contributed by atoms with van der Waals surface area (Å²) >= 11 is 25.1. The first kappa shape index (κ1) is 44.9. The quantitative estimate of drug-likeness (QED) is 0.0550. The van der Waals surface area contributed by atoms with Gasteiger partial charge in [0.1, 0.15) is 0 Å². The molecule has 0 aromatic carbocycles. The summed E-state index contributed by atoms with van der Waals surface area (Å²) in [5.74, 6) is -11.6. The van der Waals surface area contributed by atoms with Crippen LogP contribution in [-0.2, 0) is 57.2 Å². The number of esters is 6. The van der Waals surface area contributed by atoms with Crippen molar-refractivity contribution in [1.82, 2.24) is 0 Å². The van der Waals surface area contributed by atoms with Crippen molar-refractivity contribution in [2.75, 3.05) is 0 Å². The third kappa shape index (κ3) is 21.0. The van der Waals surface area contributed by atoms with Gasteiger partial charge in [-0.05, 0) is 0 Å². The van der Waals surface area contributed by atoms with Gasteiger partial charge in [-0.2, -0.15) is 75.8 Å². The first-order valence-corrected chi connectivity index (χ1v) is 17.6. The van der Waals surface area contributed by atoms with Crippen molar-refractivity contribution in [2.24, 2.45) is 0 Å². The van der Waals surface area contributed by atoms with Gasteiger partial charge < -0.3 is 28.4 Å². The Hall–Kier alpha value is -1.08. The van der Waals surface area contributed by atoms with Gasteiger partial charge in [-0.25, -0.2) is 0 Å². The van der Waals surface area contributed by atoms with E-state index in [4.69, 9.17) is 28.4 Å². The third-order valence-corrected chi connectivity index (χ3v) is 6.22. The summed E-state index contributed by atoms with van der Waals surface area (Å²) in [5, 5.41) is -3.15. The van der Waals surface area contributed by atoms with E-state index in [1.165, 1.54) is 0 Å². The van der Waals surface area contributed by atoms with Gasteiger partial charge in [-0.1, -0.05) is 41.5 Å². The molecule has 18 heteroatoms. The van der Waals surface area contributed by atoms with E-state index in [0.29, 0.717) is 0 Å². The number of carbonyl (C=O) groups excluding carboxylic acids is 6. The van der Waals surface area contributed by atoms with Crippen LogP contribution in [0.25, 0.3) is 0 Å². The van der Waals surface area contributed by atoms with Crippen molar-refractivity contribution in [3.63, 3.8) is 0 Å². The second-order valence-electron chi connectivity index (χ2n) is 11.0. The Labute approximate surface area is 303 Å². The molecule has 0 radical (unpaired) electrons. The Bertz CT molecular complexity index is 833. The van der Waals surface area contributed by atoms with Crippen LogP contribution in [0.3, 0.4) is 0 Å². The Morgan fingerprint density at radius 1 is 0.370 bits per heavy atom. The molecule has 0 heterocycles. The summed E-state index contributed by atoms with van der Waals surface area (Å²) in [6.07, 6.45) is -3.53. The largest absolute Gasteiger partial charge is 0.423 e. The molecule has 266 valence electrons. The molecule has 0 N–H and O–H groups in total. The minimum absolute atomic E-state index is 0.310. The van der Waals surface area contributed by atoms with Gasteiger partial charge in [0.25, 0.3) is 0 Å². The molecule has 0 fully saturated rings. The van der Waals surface area contributed by atoms with E-state index in [-0.39, 0.29) is 38.5 Å². The molecule has 0 aromatic rings. The van der Waals surface area contributed by atoms with Gasteiger partial charge in [-0.15, -0.1) is 0 Å². The highest BCUT2D eigenvalue weighted by atomic mass is 32.1. The summed E-state index contributed by atoms with van der Waals surface area (Å²) in [6.45, 7) is 9.54. The molecule has 6 atom stereocenters. The summed E-state index contributed by atoms with van der Waals surface area (Å²) < 4.78 is 32.9. The molecule has 0 saturated heterocycles. The predicted molar refractivity (Wildman–Crippen MR) is 190 cm³/mol. The van der Waals surface area contributed by atoms with Crippen LogP contribution < -0.4 is 0 Å². The molecule has 12 nitrogen and oxygen atoms in total. The molecule has 0 saturated carbocycles. The smallest absolute Gasteiger partial charge is 0.388 e. The third-order valence-electron chi connectivity index (χ3n) is 5.13. The summed E-state index contributed by atoms with van der Waals surface area (Å²) in [5.41, 5.74) is 0. The van der Waals surface area contributed by atoms with Crippen molar-refractivity contribution in [1.29, 1.82) is 0 Å². The van der Waals surface area contributed by atoms with E-state index in [1.807, 2.05) is 0 Å². The highest BCUT2D eigenvalue weighted by Gasteiger charge is 2.51. The molecule has 0 spiro atoms. The van der Waals surface area contributed by atoms with Gasteiger partial charge in [0.2, 0.25) is 0 Å². The van der Waals surface area contributed by atoms with Crippen LogP contribution in [0.5, 0.6) is 0 Å². The van der Waals surface area contributed by atoms with Crippen LogP contribution in [0, 0.1) is 0 Å². The topological polar surface area (TPSA) is 158 Å². The average molecular weight is 767 g/mol. The van der Waals surface area contributed by atoms with Crippen LogP contribution in [0.4, 0.5) is 0 Å². The van der Waals surface area contributed by atoms with Crippen molar-refractivity contribution in [3.8, 4) is 0 Å². The lowest BCUT2D eigenvalue weighted by Crippen LogP contribution is -2.50. The first-order chi connectivity index (χ1) is 21.1. The number of ether oxygens (including phenoxy) is 6. The molecule has 6 unspecified atom stereocenters. The number of hydrogen-bond acceptors (Lipinski definition) is 18. The molecular formula is C28H46O12S6. The van der Waals surface area contributed by atoms with Gasteiger partial charge in [0.05, 0.1) is 51.4 Å². The van der Waals surface area contributed by atoms with Crippen LogP contribution in [-0.4, -0.2) is 79.3 Å². The van der Waals surface area contributed by atoms with E-state index < -0.39 is 92.1 Å². The molecule has 0 aromatic heterocycles. The highest BCUT2D eigenvalue weighted by Crippen LogP contribution is 2.34. The fourth-order valence-corrected chi connectivity index (χ4v) is 4.37. The molecule has 0 aliphatic rings. The van der Waals surface area contributed by atoms with Gasteiger partial charge in [0.15, 0.2) is 0 Å². The predicted octanol–water partition coefficient (Wildman–Crippen LogP) is 4.58. The second-order valence-corrected chi connectivity index (χ2v) is 16.3. The molecule has 0 rings (SSSR count). The van der Waals surface area contributed by atoms with E-state index in [9.17, 15) is 28.8 Å². The molecule has 46 heavy (non-hydrogen) atoms. The Morgan fingerprint density at radius 2 is 0.500 bits per heavy atom. The van der Waals surface area contributed by atoms with Crippen LogP contribution in [0.2, 0.25) is 0 Å². The van der Waals surface area contributed by atoms with Crippen LogP contribution in [0.15, 0.2) is 0 Å². The maximum Gasteiger partial charge on any atom is 0.423 e. The molecule has 0 amide bonds. The lowest BCUT2D eigenvalue weighted by Gasteiger charge is -2.36. The van der Waals surface area contributed by atoms with Crippen molar-refractivity contribution < 1.29 is 57.2 Å². The minimum atomic E-state index is -2.81. The summed E-state index contributed by atoms with van der Waals surface area (Å²) in [6, 6.07) is 0. The van der Waals surface area contributed by atoms with E-state index in [1.54, 1.807) is 41.5 Å². The number of thiol groups is 6. The van der Waals surface area contributed by atoms with Gasteiger partial charge >= 0.3 is 47.8 Å². The Morgan fingerprint density at radius 3 is 0.609 bits per heavy atom. The zero-order valence-corrected chi connectivity index (χ0v) is 32.1. The first-order valence-electron chi connectivity index (χ1n) is 14.5. The van der Waals surface area contributed by atoms with Gasteiger partial charge in [-0.3, -0.25) is 28.8 Å². The zero-order valence-electron chi connectivity index (χ0n) is 26.7. The van der Waals surface area contributed by atoms with E-state index in [0.717, 1.165) is 0 Å². The zero-order chi connectivity index (χ0) is 35.8.